The van der Waals surface area contributed by atoms with Crippen LogP contribution in [0.15, 0.2) is 48.7 Å². The van der Waals surface area contributed by atoms with Gasteiger partial charge in [-0.1, -0.05) is 43.9 Å². The summed E-state index contributed by atoms with van der Waals surface area (Å²) in [6.07, 6.45) is 8.82. The van der Waals surface area contributed by atoms with E-state index in [1.54, 1.807) is 23.1 Å². The Labute approximate surface area is 240 Å². The summed E-state index contributed by atoms with van der Waals surface area (Å²) < 4.78 is 10.8. The molecule has 0 unspecified atom stereocenters. The van der Waals surface area contributed by atoms with Crippen LogP contribution < -0.4 is 14.8 Å². The fraction of sp³-hybridized carbons (Fsp3) is 0.469. The largest absolute Gasteiger partial charge is 0.454 e. The topological polar surface area (TPSA) is 104 Å². The smallest absolute Gasteiger partial charge is 0.252 e. The molecule has 3 aliphatic rings. The molecule has 2 aliphatic heterocycles. The number of hydrogen-bond donors (Lipinski definition) is 2. The molecule has 3 heterocycles. The average molecular weight is 559 g/mol. The second kappa shape index (κ2) is 11.8. The molecule has 0 spiro atoms. The van der Waals surface area contributed by atoms with E-state index in [4.69, 9.17) is 9.47 Å². The van der Waals surface area contributed by atoms with Crippen molar-refractivity contribution in [3.8, 4) is 11.5 Å². The molecule has 41 heavy (non-hydrogen) atoms. The monoisotopic (exact) mass is 558 g/mol. The highest BCUT2D eigenvalue weighted by Gasteiger charge is 2.34. The molecule has 1 saturated carbocycles. The van der Waals surface area contributed by atoms with Gasteiger partial charge >= 0.3 is 0 Å². The molecule has 3 amide bonds. The van der Waals surface area contributed by atoms with Crippen molar-refractivity contribution >= 4 is 28.6 Å². The lowest BCUT2D eigenvalue weighted by atomic mass is 10.0. The zero-order valence-corrected chi connectivity index (χ0v) is 23.6. The van der Waals surface area contributed by atoms with Gasteiger partial charge in [-0.05, 0) is 49.1 Å². The molecule has 0 radical (unpaired) electrons. The van der Waals surface area contributed by atoms with Crippen LogP contribution in [-0.4, -0.2) is 71.0 Å². The van der Waals surface area contributed by atoms with Crippen LogP contribution in [0.5, 0.6) is 11.5 Å². The molecular weight excluding hydrogens is 520 g/mol. The van der Waals surface area contributed by atoms with E-state index in [9.17, 15) is 14.4 Å². The molecule has 1 aromatic heterocycles. The summed E-state index contributed by atoms with van der Waals surface area (Å²) in [4.78, 5) is 47.4. The van der Waals surface area contributed by atoms with Crippen molar-refractivity contribution in [3.63, 3.8) is 0 Å². The van der Waals surface area contributed by atoms with Crippen molar-refractivity contribution in [2.75, 3.05) is 26.4 Å². The number of carbonyl (C=O) groups is 3. The number of carbonyl (C=O) groups excluding carboxylic acids is 3. The van der Waals surface area contributed by atoms with Gasteiger partial charge in [-0.3, -0.25) is 14.4 Å². The molecule has 2 fully saturated rings. The first-order chi connectivity index (χ1) is 20.0. The van der Waals surface area contributed by atoms with E-state index < -0.39 is 6.04 Å². The summed E-state index contributed by atoms with van der Waals surface area (Å²) in [5.41, 5.74) is 2.34. The number of aromatic nitrogens is 1. The zero-order chi connectivity index (χ0) is 28.3. The van der Waals surface area contributed by atoms with Crippen molar-refractivity contribution in [2.45, 2.75) is 64.0 Å². The number of nitrogens with one attached hydrogen (secondary N) is 2. The highest BCUT2D eigenvalue weighted by molar-refractivity contribution is 5.98. The Bertz CT molecular complexity index is 1430. The maximum absolute atomic E-state index is 14.0. The van der Waals surface area contributed by atoms with E-state index in [-0.39, 0.29) is 30.6 Å². The summed E-state index contributed by atoms with van der Waals surface area (Å²) in [6, 6.07) is 12.1. The number of benzene rings is 2. The number of hydrogen-bond acceptors (Lipinski definition) is 5. The van der Waals surface area contributed by atoms with E-state index in [1.165, 1.54) is 25.7 Å². The van der Waals surface area contributed by atoms with Gasteiger partial charge in [0.1, 0.15) is 6.04 Å². The van der Waals surface area contributed by atoms with Crippen LogP contribution in [0.4, 0.5) is 0 Å². The van der Waals surface area contributed by atoms with Gasteiger partial charge in [-0.15, -0.1) is 0 Å². The van der Waals surface area contributed by atoms with Gasteiger partial charge in [0.2, 0.25) is 18.6 Å². The predicted molar refractivity (Wildman–Crippen MR) is 155 cm³/mol. The van der Waals surface area contributed by atoms with Crippen molar-refractivity contribution in [2.24, 2.45) is 5.92 Å². The van der Waals surface area contributed by atoms with E-state index in [0.29, 0.717) is 55.5 Å². The summed E-state index contributed by atoms with van der Waals surface area (Å²) in [5.74, 6) is 1.47. The van der Waals surface area contributed by atoms with Gasteiger partial charge in [0.05, 0.1) is 0 Å². The molecular formula is C32H38N4O5. The Kier molecular flexibility index (Phi) is 7.85. The van der Waals surface area contributed by atoms with Gasteiger partial charge in [0.25, 0.3) is 5.91 Å². The lowest BCUT2D eigenvalue weighted by Gasteiger charge is -2.41. The van der Waals surface area contributed by atoms with Crippen molar-refractivity contribution in [1.29, 1.82) is 0 Å². The van der Waals surface area contributed by atoms with E-state index in [0.717, 1.165) is 22.9 Å². The minimum Gasteiger partial charge on any atom is -0.454 e. The lowest BCUT2D eigenvalue weighted by molar-refractivity contribution is -0.143. The number of ether oxygens (including phenoxy) is 2. The number of aromatic amines is 1. The zero-order valence-electron chi connectivity index (χ0n) is 23.6. The Morgan fingerprint density at radius 2 is 1.85 bits per heavy atom. The molecule has 6 rings (SSSR count). The van der Waals surface area contributed by atoms with Gasteiger partial charge in [-0.25, -0.2) is 0 Å². The first kappa shape index (κ1) is 27.2. The van der Waals surface area contributed by atoms with Gasteiger partial charge in [0, 0.05) is 61.2 Å². The molecule has 9 nitrogen and oxygen atoms in total. The molecule has 1 aliphatic carbocycles. The molecule has 2 aromatic carbocycles. The number of fused-ring (bicyclic) bond motifs is 2. The fourth-order valence-corrected chi connectivity index (χ4v) is 6.52. The molecule has 2 N–H and O–H groups in total. The molecule has 3 aromatic rings. The van der Waals surface area contributed by atoms with Gasteiger partial charge < -0.3 is 29.6 Å². The second-order valence-electron chi connectivity index (χ2n) is 11.6. The van der Waals surface area contributed by atoms with Crippen LogP contribution in [0.1, 0.15) is 61.4 Å². The fourth-order valence-electron chi connectivity index (χ4n) is 6.52. The number of H-pyrrole nitrogens is 1. The summed E-state index contributed by atoms with van der Waals surface area (Å²) >= 11 is 0. The first-order valence-electron chi connectivity index (χ1n) is 14.8. The van der Waals surface area contributed by atoms with Crippen LogP contribution in [0, 0.1) is 5.92 Å². The number of piperazine rings is 1. The Balaban J connectivity index is 1.16. The Morgan fingerprint density at radius 1 is 1.05 bits per heavy atom. The number of para-hydroxylation sites is 1. The van der Waals surface area contributed by atoms with E-state index in [1.807, 2.05) is 42.3 Å². The van der Waals surface area contributed by atoms with Crippen molar-refractivity contribution in [1.82, 2.24) is 20.1 Å². The van der Waals surface area contributed by atoms with Gasteiger partial charge in [-0.2, -0.15) is 0 Å². The Morgan fingerprint density at radius 3 is 2.68 bits per heavy atom. The third-order valence-electron chi connectivity index (χ3n) is 8.84. The van der Waals surface area contributed by atoms with Crippen LogP contribution in [-0.2, 0) is 16.0 Å². The second-order valence-corrected chi connectivity index (χ2v) is 11.6. The molecule has 2 atom stereocenters. The molecule has 216 valence electrons. The summed E-state index contributed by atoms with van der Waals surface area (Å²) in [7, 11) is 0. The minimum atomic E-state index is -0.774. The quantitative estimate of drug-likeness (QED) is 0.430. The first-order valence-corrected chi connectivity index (χ1v) is 14.8. The van der Waals surface area contributed by atoms with Crippen molar-refractivity contribution in [3.05, 3.63) is 59.8 Å². The van der Waals surface area contributed by atoms with E-state index >= 15 is 0 Å². The van der Waals surface area contributed by atoms with Crippen LogP contribution in [0.2, 0.25) is 0 Å². The highest BCUT2D eigenvalue weighted by Crippen LogP contribution is 2.33. The van der Waals surface area contributed by atoms with Gasteiger partial charge in [0.15, 0.2) is 11.5 Å². The number of amides is 3. The minimum absolute atomic E-state index is 0.0814. The standard InChI is InChI=1S/C32H38N4O5/c1-21-19-35(14-15-36(21)30(37)13-10-22-6-2-3-7-22)32(39)27(16-24-18-33-26-9-5-4-8-25(24)26)34-31(38)23-11-12-28-29(17-23)41-20-40-28/h4-5,8-9,11-12,17-18,21-22,27,33H,2-3,6-7,10,13-16,19-20H2,1H3,(H,34,38)/t21-,27-/m1/s1. The maximum atomic E-state index is 14.0. The summed E-state index contributed by atoms with van der Waals surface area (Å²) in [5, 5.41) is 4.03. The van der Waals surface area contributed by atoms with Crippen LogP contribution in [0.25, 0.3) is 10.9 Å². The number of nitrogens with zero attached hydrogens (tertiary/aromatic N) is 2. The third kappa shape index (κ3) is 5.89. The van der Waals surface area contributed by atoms with E-state index in [2.05, 4.69) is 10.3 Å². The third-order valence-corrected chi connectivity index (χ3v) is 8.84. The SMILES string of the molecule is C[C@@H]1CN(C(=O)[C@@H](Cc2c[nH]c3ccccc23)NC(=O)c2ccc3c(c2)OCO3)CCN1C(=O)CCC1CCCC1. The predicted octanol–water partition coefficient (Wildman–Crippen LogP) is 4.27. The van der Waals surface area contributed by atoms with Crippen LogP contribution >= 0.6 is 0 Å². The van der Waals surface area contributed by atoms with Crippen molar-refractivity contribution < 1.29 is 23.9 Å². The maximum Gasteiger partial charge on any atom is 0.252 e. The Hall–Kier alpha value is -4.01. The molecule has 0 bridgehead atoms. The highest BCUT2D eigenvalue weighted by atomic mass is 16.7. The average Bonchev–Trinajstić information content (AvgIpc) is 3.76. The normalized spacial score (nSPS) is 19.5. The lowest BCUT2D eigenvalue weighted by Crippen LogP contribution is -2.59. The van der Waals surface area contributed by atoms with Crippen LogP contribution in [0.3, 0.4) is 0 Å². The molecule has 1 saturated heterocycles. The summed E-state index contributed by atoms with van der Waals surface area (Å²) in [6.45, 7) is 3.52. The number of rotatable bonds is 8. The molecule has 9 heteroatoms.